The number of nitro groups is 1. The minimum atomic E-state index is -0.638. The lowest BCUT2D eigenvalue weighted by molar-refractivity contribution is -0.383. The van der Waals surface area contributed by atoms with Crippen LogP contribution < -0.4 is 15.4 Å². The van der Waals surface area contributed by atoms with E-state index in [4.69, 9.17) is 4.74 Å². The molecule has 0 saturated carbocycles. The van der Waals surface area contributed by atoms with E-state index in [2.05, 4.69) is 20.6 Å². The molecular weight excluding hydrogens is 341 g/mol. The van der Waals surface area contributed by atoms with Crippen molar-refractivity contribution in [1.82, 2.24) is 9.97 Å². The summed E-state index contributed by atoms with van der Waals surface area (Å²) in [6.07, 6.45) is 1.15. The molecule has 2 aromatic carbocycles. The Bertz CT molecular complexity index is 951. The van der Waals surface area contributed by atoms with Crippen molar-refractivity contribution in [3.8, 4) is 5.75 Å². The van der Waals surface area contributed by atoms with Crippen LogP contribution in [0.5, 0.6) is 5.75 Å². The van der Waals surface area contributed by atoms with Gasteiger partial charge in [-0.15, -0.1) is 0 Å². The molecule has 0 bridgehead atoms. The van der Waals surface area contributed by atoms with Crippen molar-refractivity contribution in [2.75, 3.05) is 17.7 Å². The van der Waals surface area contributed by atoms with Gasteiger partial charge in [0, 0.05) is 0 Å². The Kier molecular flexibility index (Phi) is 4.88. The van der Waals surface area contributed by atoms with Crippen LogP contribution in [0.15, 0.2) is 54.9 Å². The molecule has 0 amide bonds. The van der Waals surface area contributed by atoms with Crippen molar-refractivity contribution in [3.63, 3.8) is 0 Å². The molecular formula is C17H14FN5O3. The Balaban J connectivity index is 2.01. The molecule has 9 heteroatoms. The molecule has 0 aliphatic heterocycles. The van der Waals surface area contributed by atoms with Crippen LogP contribution in [0.1, 0.15) is 0 Å². The van der Waals surface area contributed by atoms with E-state index in [0.717, 1.165) is 6.33 Å². The standard InChI is InChI=1S/C17H14FN5O3/c1-26-14-9-5-4-8-13(14)22-17-15(23(24)25)16(19-10-20-17)21-12-7-3-2-6-11(12)18/h2-10H,1H3,(H2,19,20,21,22). The Morgan fingerprint density at radius 1 is 1.00 bits per heavy atom. The van der Waals surface area contributed by atoms with Gasteiger partial charge in [0.05, 0.1) is 23.4 Å². The third-order valence-electron chi connectivity index (χ3n) is 3.49. The van der Waals surface area contributed by atoms with E-state index in [1.165, 1.54) is 25.3 Å². The number of rotatable bonds is 6. The van der Waals surface area contributed by atoms with Crippen LogP contribution in [0, 0.1) is 15.9 Å². The number of para-hydroxylation sites is 3. The predicted octanol–water partition coefficient (Wildman–Crippen LogP) is 4.02. The number of hydrogen-bond donors (Lipinski definition) is 2. The fourth-order valence-electron chi connectivity index (χ4n) is 2.30. The average molecular weight is 355 g/mol. The maximum Gasteiger partial charge on any atom is 0.353 e. The molecule has 0 fully saturated rings. The Hall–Kier alpha value is -3.75. The first-order valence-corrected chi connectivity index (χ1v) is 7.51. The van der Waals surface area contributed by atoms with Crippen LogP contribution in [0.3, 0.4) is 0 Å². The minimum absolute atomic E-state index is 0.0478. The highest BCUT2D eigenvalue weighted by atomic mass is 19.1. The third-order valence-corrected chi connectivity index (χ3v) is 3.49. The van der Waals surface area contributed by atoms with Crippen LogP contribution in [0.2, 0.25) is 0 Å². The van der Waals surface area contributed by atoms with Crippen LogP contribution in [-0.2, 0) is 0 Å². The molecule has 0 radical (unpaired) electrons. The van der Waals surface area contributed by atoms with Crippen LogP contribution in [-0.4, -0.2) is 22.0 Å². The average Bonchev–Trinajstić information content (AvgIpc) is 2.64. The van der Waals surface area contributed by atoms with E-state index in [-0.39, 0.29) is 17.3 Å². The number of benzene rings is 2. The highest BCUT2D eigenvalue weighted by molar-refractivity contribution is 5.78. The minimum Gasteiger partial charge on any atom is -0.495 e. The Morgan fingerprint density at radius 2 is 1.58 bits per heavy atom. The number of aromatic nitrogens is 2. The zero-order valence-electron chi connectivity index (χ0n) is 13.6. The number of nitrogens with one attached hydrogen (secondary N) is 2. The first-order valence-electron chi connectivity index (χ1n) is 7.51. The highest BCUT2D eigenvalue weighted by Crippen LogP contribution is 2.35. The summed E-state index contributed by atoms with van der Waals surface area (Å²) in [5, 5.41) is 17.1. The molecule has 0 unspecified atom stereocenters. The second kappa shape index (κ2) is 7.43. The zero-order chi connectivity index (χ0) is 18.5. The predicted molar refractivity (Wildman–Crippen MR) is 94.6 cm³/mol. The molecule has 2 N–H and O–H groups in total. The van der Waals surface area contributed by atoms with Gasteiger partial charge in [-0.1, -0.05) is 24.3 Å². The van der Waals surface area contributed by atoms with Crippen molar-refractivity contribution in [2.24, 2.45) is 0 Å². The molecule has 132 valence electrons. The van der Waals surface area contributed by atoms with Gasteiger partial charge in [0.1, 0.15) is 17.9 Å². The van der Waals surface area contributed by atoms with Crippen LogP contribution in [0.4, 0.5) is 33.1 Å². The lowest BCUT2D eigenvalue weighted by atomic mass is 10.2. The molecule has 3 aromatic rings. The summed E-state index contributed by atoms with van der Waals surface area (Å²) in [5.74, 6) is -0.246. The summed E-state index contributed by atoms with van der Waals surface area (Å²) in [4.78, 5) is 18.8. The van der Waals surface area contributed by atoms with Gasteiger partial charge in [0.15, 0.2) is 0 Å². The van der Waals surface area contributed by atoms with E-state index in [9.17, 15) is 14.5 Å². The van der Waals surface area contributed by atoms with Crippen molar-refractivity contribution in [2.45, 2.75) is 0 Å². The largest absolute Gasteiger partial charge is 0.495 e. The van der Waals surface area contributed by atoms with Gasteiger partial charge in [0.2, 0.25) is 11.6 Å². The highest BCUT2D eigenvalue weighted by Gasteiger charge is 2.24. The third kappa shape index (κ3) is 3.51. The van der Waals surface area contributed by atoms with Gasteiger partial charge in [-0.05, 0) is 24.3 Å². The Morgan fingerprint density at radius 3 is 2.19 bits per heavy atom. The molecule has 1 heterocycles. The van der Waals surface area contributed by atoms with Crippen molar-refractivity contribution >= 4 is 28.7 Å². The van der Waals surface area contributed by atoms with Crippen LogP contribution >= 0.6 is 0 Å². The summed E-state index contributed by atoms with van der Waals surface area (Å²) in [6, 6.07) is 12.7. The van der Waals surface area contributed by atoms with Crippen LogP contribution in [0.25, 0.3) is 0 Å². The van der Waals surface area contributed by atoms with E-state index in [1.807, 2.05) is 0 Å². The number of methoxy groups -OCH3 is 1. The van der Waals surface area contributed by atoms with Gasteiger partial charge in [0.25, 0.3) is 0 Å². The smallest absolute Gasteiger partial charge is 0.353 e. The van der Waals surface area contributed by atoms with Crippen molar-refractivity contribution in [1.29, 1.82) is 0 Å². The molecule has 8 nitrogen and oxygen atoms in total. The quantitative estimate of drug-likeness (QED) is 0.508. The number of ether oxygens (including phenoxy) is 1. The molecule has 0 saturated heterocycles. The second-order valence-corrected chi connectivity index (χ2v) is 5.11. The van der Waals surface area contributed by atoms with E-state index in [0.29, 0.717) is 11.4 Å². The summed E-state index contributed by atoms with van der Waals surface area (Å²) >= 11 is 0. The number of halogens is 1. The fourth-order valence-corrected chi connectivity index (χ4v) is 2.30. The van der Waals surface area contributed by atoms with Crippen molar-refractivity contribution < 1.29 is 14.1 Å². The summed E-state index contributed by atoms with van der Waals surface area (Å²) in [6.45, 7) is 0. The summed E-state index contributed by atoms with van der Waals surface area (Å²) < 4.78 is 19.1. The molecule has 1 aromatic heterocycles. The van der Waals surface area contributed by atoms with E-state index >= 15 is 0 Å². The van der Waals surface area contributed by atoms with Gasteiger partial charge in [-0.2, -0.15) is 0 Å². The lowest BCUT2D eigenvalue weighted by Crippen LogP contribution is -2.06. The molecule has 0 aliphatic rings. The maximum atomic E-state index is 13.8. The SMILES string of the molecule is COc1ccccc1Nc1ncnc(Nc2ccccc2F)c1[N+](=O)[O-]. The van der Waals surface area contributed by atoms with Gasteiger partial charge < -0.3 is 15.4 Å². The first kappa shape index (κ1) is 17.1. The number of anilines is 4. The molecule has 0 aliphatic carbocycles. The van der Waals surface area contributed by atoms with Gasteiger partial charge >= 0.3 is 5.69 Å². The summed E-state index contributed by atoms with van der Waals surface area (Å²) in [7, 11) is 1.49. The maximum absolute atomic E-state index is 13.8. The summed E-state index contributed by atoms with van der Waals surface area (Å²) in [5.41, 5.74) is 0.146. The zero-order valence-corrected chi connectivity index (χ0v) is 13.6. The molecule has 0 spiro atoms. The first-order chi connectivity index (χ1) is 12.6. The fraction of sp³-hybridized carbons (Fsp3) is 0.0588. The van der Waals surface area contributed by atoms with E-state index in [1.54, 1.807) is 30.3 Å². The lowest BCUT2D eigenvalue weighted by Gasteiger charge is -2.12. The Labute approximate surface area is 147 Å². The monoisotopic (exact) mass is 355 g/mol. The number of nitrogens with zero attached hydrogens (tertiary/aromatic N) is 3. The molecule has 0 atom stereocenters. The molecule has 26 heavy (non-hydrogen) atoms. The second-order valence-electron chi connectivity index (χ2n) is 5.11. The van der Waals surface area contributed by atoms with Gasteiger partial charge in [-0.25, -0.2) is 14.4 Å². The van der Waals surface area contributed by atoms with E-state index < -0.39 is 16.4 Å². The normalized spacial score (nSPS) is 10.2. The molecule has 3 rings (SSSR count). The topological polar surface area (TPSA) is 102 Å². The van der Waals surface area contributed by atoms with Crippen molar-refractivity contribution in [3.05, 3.63) is 70.8 Å². The van der Waals surface area contributed by atoms with Gasteiger partial charge in [-0.3, -0.25) is 10.1 Å². The number of hydrogen-bond acceptors (Lipinski definition) is 7.